The maximum atomic E-state index is 11.7. The molecule has 0 unspecified atom stereocenters. The quantitative estimate of drug-likeness (QED) is 0.00988. The predicted molar refractivity (Wildman–Crippen MR) is 356 cm³/mol. The van der Waals surface area contributed by atoms with Crippen LogP contribution in [0.3, 0.4) is 0 Å². The fourth-order valence-corrected chi connectivity index (χ4v) is 12.3. The number of hydrogen-bond donors (Lipinski definition) is 7. The van der Waals surface area contributed by atoms with Crippen LogP contribution < -0.4 is 27.2 Å². The molecule has 0 bridgehead atoms. The van der Waals surface area contributed by atoms with Crippen molar-refractivity contribution in [1.82, 2.24) is 10.6 Å². The second-order valence-corrected chi connectivity index (χ2v) is 23.0. The molecule has 0 atom stereocenters. The molecule has 4 aliphatic rings. The van der Waals surface area contributed by atoms with Gasteiger partial charge in [0, 0.05) is 115 Å². The molecule has 2 aliphatic carbocycles. The third-order valence-corrected chi connectivity index (χ3v) is 17.4. The Morgan fingerprint density at radius 2 is 1.03 bits per heavy atom. The van der Waals surface area contributed by atoms with E-state index in [1.807, 2.05) is 13.8 Å². The van der Waals surface area contributed by atoms with Crippen molar-refractivity contribution < 1.29 is 76.8 Å². The Kier molecular flexibility index (Phi) is 27.6. The summed E-state index contributed by atoms with van der Waals surface area (Å²) < 4.78 is 42.7. The standard InChI is InChI=1S/2C20H12O5.C11H18N2O3SSi.C9H15NO3Si.C2H3NS.8H2/c2*21-11-5-7-15-17(9-11)25-18-10-12(22)6-8-16(18)19(15)13-3-1-2-4-14(13)20(23)24;1-5-14-18(15-6-2,16-7-3)10-8-9-13-11(17)12-4;1-4-11-14(12-5-2,13-6-3)9-7-8-10;1-3-2-4;;;;;;;;/h2*1-10,21H,(H,23,24);1-2H,7-10H2,3-4H3,(H2,12,13,17);1-2H,6-10H2,3H3;1H3;8*1H. The molecule has 0 spiro atoms. The summed E-state index contributed by atoms with van der Waals surface area (Å²) >= 11 is 9.08. The summed E-state index contributed by atoms with van der Waals surface area (Å²) in [6.45, 7) is 5.70. The number of carbonyl (C=O) groups is 2. The van der Waals surface area contributed by atoms with Gasteiger partial charge in [0.05, 0.1) is 40.7 Å². The molecule has 2 heterocycles. The van der Waals surface area contributed by atoms with Crippen molar-refractivity contribution in [3.8, 4) is 107 Å². The minimum absolute atomic E-state index is 0. The van der Waals surface area contributed by atoms with E-state index in [2.05, 4.69) is 57.4 Å². The summed E-state index contributed by atoms with van der Waals surface area (Å²) in [4.78, 5) is 50.0. The Labute approximate surface area is 520 Å². The second-order valence-electron chi connectivity index (χ2n) is 17.3. The molecular weight excluding hydrogens is 1180 g/mol. The van der Waals surface area contributed by atoms with E-state index in [1.54, 1.807) is 74.8 Å². The van der Waals surface area contributed by atoms with Crippen LogP contribution in [0.15, 0.2) is 145 Å². The van der Waals surface area contributed by atoms with Crippen LogP contribution in [0.4, 0.5) is 0 Å². The van der Waals surface area contributed by atoms with Crippen molar-refractivity contribution >= 4 is 86.2 Å². The Morgan fingerprint density at radius 3 is 1.38 bits per heavy atom. The SMILES string of the molecule is C#CO[Si](CCCN)(OC#C)OCC.C#CO[Si](CCCNC(=S)NC)(OC#C)OCC.CN=C=S.O=C(O)c1ccccc1-c1c2ccc(=O)cc-2oc2cc(O)ccc12.O=C(O)c1ccccc1-c1c2ccc(=O)cc-2oc2cc(O)ccc12.[HH].[HH].[HH].[HH].[HH].[HH].[HH].[HH]. The highest BCUT2D eigenvalue weighted by Crippen LogP contribution is 2.43. The van der Waals surface area contributed by atoms with Gasteiger partial charge in [-0.3, -0.25) is 9.59 Å². The lowest BCUT2D eigenvalue weighted by Crippen LogP contribution is -2.44. The number of isothiocyanates is 1. The van der Waals surface area contributed by atoms with Crippen LogP contribution in [0.5, 0.6) is 11.5 Å². The fraction of sp³-hybridized carbons (Fsp3) is 0.194. The highest BCUT2D eigenvalue weighted by atomic mass is 32.1. The number of phenols is 2. The topological polar surface area (TPSA) is 293 Å². The van der Waals surface area contributed by atoms with Crippen LogP contribution in [0, 0.1) is 50.1 Å². The molecule has 460 valence electrons. The molecule has 0 fully saturated rings. The smallest absolute Gasteiger partial charge is 0.508 e. The summed E-state index contributed by atoms with van der Waals surface area (Å²) in [6, 6.07) is 32.4. The van der Waals surface area contributed by atoms with Gasteiger partial charge in [0.15, 0.2) is 16.0 Å². The number of benzene rings is 6. The van der Waals surface area contributed by atoms with Crippen molar-refractivity contribution in [2.45, 2.75) is 38.8 Å². The van der Waals surface area contributed by atoms with Crippen LogP contribution >= 0.6 is 24.4 Å². The molecule has 4 aromatic carbocycles. The maximum Gasteiger partial charge on any atom is 0.649 e. The third-order valence-electron chi connectivity index (χ3n) is 11.7. The number of aromatic carboxylic acids is 2. The number of nitrogens with zero attached hydrogens (tertiary/aromatic N) is 1. The highest BCUT2D eigenvalue weighted by Gasteiger charge is 2.45. The Morgan fingerprint density at radius 1 is 0.640 bits per heavy atom. The van der Waals surface area contributed by atoms with E-state index >= 15 is 0 Å². The lowest BCUT2D eigenvalue weighted by molar-refractivity contribution is 0.0687. The molecule has 24 heteroatoms. The minimum Gasteiger partial charge on any atom is -0.508 e. The first-order valence-corrected chi connectivity index (χ1v) is 30.5. The lowest BCUT2D eigenvalue weighted by Gasteiger charge is -2.23. The van der Waals surface area contributed by atoms with Gasteiger partial charge in [0.25, 0.3) is 0 Å². The summed E-state index contributed by atoms with van der Waals surface area (Å²) in [5.41, 5.74) is 9.58. The summed E-state index contributed by atoms with van der Waals surface area (Å²) in [6.07, 6.45) is 30.1. The van der Waals surface area contributed by atoms with Crippen molar-refractivity contribution in [2.24, 2.45) is 10.7 Å². The summed E-state index contributed by atoms with van der Waals surface area (Å²) in [5.74, 6) is -1.38. The van der Waals surface area contributed by atoms with Crippen LogP contribution in [0.25, 0.3) is 66.8 Å². The van der Waals surface area contributed by atoms with E-state index < -0.39 is 29.5 Å². The van der Waals surface area contributed by atoms with Gasteiger partial charge in [-0.2, -0.15) is 0 Å². The summed E-state index contributed by atoms with van der Waals surface area (Å²) in [7, 11) is -2.48. The molecule has 2 aliphatic heterocycles. The van der Waals surface area contributed by atoms with Crippen molar-refractivity contribution in [1.29, 1.82) is 0 Å². The predicted octanol–water partition coefficient (Wildman–Crippen LogP) is 11.8. The van der Waals surface area contributed by atoms with Crippen LogP contribution in [0.1, 0.15) is 58.8 Å². The molecule has 86 heavy (non-hydrogen) atoms. The molecule has 20 nitrogen and oxygen atoms in total. The average molecular weight is 1250 g/mol. The van der Waals surface area contributed by atoms with Gasteiger partial charge in [0.2, 0.25) is 0 Å². The van der Waals surface area contributed by atoms with E-state index in [9.17, 15) is 39.6 Å². The number of phenolic OH excluding ortho intramolecular Hbond substituents is 2. The second kappa shape index (κ2) is 34.6. The molecule has 4 aromatic rings. The van der Waals surface area contributed by atoms with E-state index in [0.29, 0.717) is 117 Å². The lowest BCUT2D eigenvalue weighted by atomic mass is 9.91. The van der Waals surface area contributed by atoms with E-state index in [4.69, 9.17) is 79.0 Å². The van der Waals surface area contributed by atoms with Crippen molar-refractivity contribution in [2.75, 3.05) is 40.4 Å². The van der Waals surface area contributed by atoms with E-state index in [0.717, 1.165) is 6.42 Å². The average Bonchev–Trinajstić information content (AvgIpc) is 0.761. The van der Waals surface area contributed by atoms with E-state index in [1.165, 1.54) is 60.7 Å². The number of thiocarbonyl (C=S) groups is 2. The van der Waals surface area contributed by atoms with Crippen molar-refractivity contribution in [3.63, 3.8) is 0 Å². The summed E-state index contributed by atoms with van der Waals surface area (Å²) in [5, 5.41) is 48.4. The fourth-order valence-electron chi connectivity index (χ4n) is 8.29. The number of aliphatic imine (C=N–C) groups is 1. The van der Waals surface area contributed by atoms with Gasteiger partial charge in [-0.05, 0) is 129 Å². The zero-order valence-corrected chi connectivity index (χ0v) is 50.7. The number of fused-ring (bicyclic) bond motifs is 4. The third kappa shape index (κ3) is 19.0. The largest absolute Gasteiger partial charge is 0.649 e. The molecule has 8 rings (SSSR count). The van der Waals surface area contributed by atoms with Gasteiger partial charge in [0.1, 0.15) is 34.2 Å². The number of rotatable bonds is 19. The molecule has 0 saturated heterocycles. The molecule has 0 radical (unpaired) electrons. The van der Waals surface area contributed by atoms with Crippen LogP contribution in [0.2, 0.25) is 12.1 Å². The molecule has 0 saturated carbocycles. The van der Waals surface area contributed by atoms with E-state index in [-0.39, 0.29) is 44.9 Å². The zero-order chi connectivity index (χ0) is 63.2. The monoisotopic (exact) mass is 1250 g/mol. The molecule has 0 amide bonds. The number of hydrogen-bond acceptors (Lipinski definition) is 18. The number of aromatic hydroxyl groups is 2. The van der Waals surface area contributed by atoms with Gasteiger partial charge < -0.3 is 72.2 Å². The number of carboxylic acids is 2. The molecule has 8 N–H and O–H groups in total. The number of nitrogens with one attached hydrogen (secondary N) is 2. The molecular formula is C62H76N4O16S2Si2. The Bertz CT molecular complexity index is 3740. The molecule has 0 aromatic heterocycles. The van der Waals surface area contributed by atoms with Gasteiger partial charge in [-0.25, -0.2) is 14.6 Å². The van der Waals surface area contributed by atoms with Gasteiger partial charge in [-0.1, -0.05) is 62.1 Å². The number of terminal acetylenes is 4. The van der Waals surface area contributed by atoms with Gasteiger partial charge in [-0.15, -0.1) is 0 Å². The van der Waals surface area contributed by atoms with Crippen molar-refractivity contribution in [3.05, 3.63) is 153 Å². The number of carboxylic acid groups (broad SMARTS) is 2. The first-order chi connectivity index (χ1) is 41.4. The Balaban J connectivity index is -0.000000365. The Hall–Kier alpha value is -9.96. The number of nitrogens with two attached hydrogens (primary N) is 1. The van der Waals surface area contributed by atoms with Gasteiger partial charge >= 0.3 is 29.5 Å². The van der Waals surface area contributed by atoms with Crippen LogP contribution in [-0.2, 0) is 26.6 Å². The minimum atomic E-state index is -2.95. The normalized spacial score (nSPS) is 10.3. The highest BCUT2D eigenvalue weighted by molar-refractivity contribution is 7.80. The first kappa shape index (κ1) is 68.5. The van der Waals surface area contributed by atoms with Crippen LogP contribution in [-0.4, -0.2) is 101 Å². The first-order valence-electron chi connectivity index (χ1n) is 25.9. The maximum absolute atomic E-state index is 11.7. The zero-order valence-electron chi connectivity index (χ0n) is 47.0.